The molecule has 2 atom stereocenters. The summed E-state index contributed by atoms with van der Waals surface area (Å²) < 4.78 is 0. The van der Waals surface area contributed by atoms with Gasteiger partial charge in [0.05, 0.1) is 10.6 Å². The molecular weight excluding hydrogens is 244 g/mol. The normalized spacial score (nSPS) is 21.9. The molecule has 100 valence electrons. The van der Waals surface area contributed by atoms with E-state index in [0.29, 0.717) is 5.92 Å². The van der Waals surface area contributed by atoms with E-state index in [1.807, 2.05) is 0 Å². The minimum absolute atomic E-state index is 0.373. The quantitative estimate of drug-likeness (QED) is 0.779. The van der Waals surface area contributed by atoms with Crippen LogP contribution in [-0.2, 0) is 0 Å². The molecule has 1 aliphatic heterocycles. The van der Waals surface area contributed by atoms with Crippen LogP contribution in [0.25, 0.3) is 0 Å². The Bertz CT molecular complexity index is 416. The van der Waals surface area contributed by atoms with Gasteiger partial charge in [-0.2, -0.15) is 0 Å². The summed E-state index contributed by atoms with van der Waals surface area (Å²) in [6.45, 7) is 8.73. The molecule has 1 aromatic rings. The van der Waals surface area contributed by atoms with Gasteiger partial charge in [0, 0.05) is 13.1 Å². The lowest BCUT2D eigenvalue weighted by molar-refractivity contribution is 0.112. The number of thiazole rings is 1. The van der Waals surface area contributed by atoms with E-state index in [1.165, 1.54) is 12.8 Å². The number of aldehydes is 1. The van der Waals surface area contributed by atoms with Crippen LogP contribution in [0.3, 0.4) is 0 Å². The molecule has 0 amide bonds. The van der Waals surface area contributed by atoms with Gasteiger partial charge in [-0.15, -0.1) is 0 Å². The van der Waals surface area contributed by atoms with Crippen molar-refractivity contribution in [2.75, 3.05) is 18.0 Å². The van der Waals surface area contributed by atoms with E-state index in [1.54, 1.807) is 11.3 Å². The number of hydrogen-bond acceptors (Lipinski definition) is 4. The van der Waals surface area contributed by atoms with Crippen molar-refractivity contribution in [1.82, 2.24) is 4.98 Å². The van der Waals surface area contributed by atoms with Gasteiger partial charge in [-0.05, 0) is 31.1 Å². The standard InChI is InChI=1S/C14H22N2OS/c1-4-11(3)13-12(9-17)18-14(15-13)16-7-5-6-10(2)8-16/h9-11H,4-8H2,1-3H3. The number of piperidine rings is 1. The topological polar surface area (TPSA) is 33.2 Å². The first kappa shape index (κ1) is 13.5. The van der Waals surface area contributed by atoms with Crippen LogP contribution in [0.5, 0.6) is 0 Å². The maximum Gasteiger partial charge on any atom is 0.186 e. The first-order chi connectivity index (χ1) is 8.65. The van der Waals surface area contributed by atoms with E-state index in [2.05, 4.69) is 25.7 Å². The fraction of sp³-hybridized carbons (Fsp3) is 0.714. The zero-order valence-electron chi connectivity index (χ0n) is 11.5. The van der Waals surface area contributed by atoms with Crippen LogP contribution in [0.15, 0.2) is 0 Å². The molecule has 4 heteroatoms. The summed E-state index contributed by atoms with van der Waals surface area (Å²) in [5, 5.41) is 1.04. The van der Waals surface area contributed by atoms with Crippen LogP contribution in [0.1, 0.15) is 61.3 Å². The Morgan fingerprint density at radius 2 is 2.39 bits per heavy atom. The molecule has 0 bridgehead atoms. The molecule has 0 aliphatic carbocycles. The zero-order chi connectivity index (χ0) is 13.1. The zero-order valence-corrected chi connectivity index (χ0v) is 12.3. The number of aromatic nitrogens is 1. The van der Waals surface area contributed by atoms with Gasteiger partial charge in [0.1, 0.15) is 0 Å². The Morgan fingerprint density at radius 1 is 1.61 bits per heavy atom. The fourth-order valence-corrected chi connectivity index (χ4v) is 3.50. The summed E-state index contributed by atoms with van der Waals surface area (Å²) in [4.78, 5) is 19.0. The predicted molar refractivity (Wildman–Crippen MR) is 76.8 cm³/mol. The highest BCUT2D eigenvalue weighted by molar-refractivity contribution is 7.17. The number of carbonyl (C=O) groups is 1. The van der Waals surface area contributed by atoms with Crippen molar-refractivity contribution in [2.45, 2.75) is 46.0 Å². The number of rotatable bonds is 4. The van der Waals surface area contributed by atoms with E-state index in [0.717, 1.165) is 47.4 Å². The number of nitrogens with zero attached hydrogens (tertiary/aromatic N) is 2. The summed E-state index contributed by atoms with van der Waals surface area (Å²) >= 11 is 1.56. The van der Waals surface area contributed by atoms with Gasteiger partial charge in [0.25, 0.3) is 0 Å². The summed E-state index contributed by atoms with van der Waals surface area (Å²) in [6, 6.07) is 0. The molecular formula is C14H22N2OS. The number of carbonyl (C=O) groups excluding carboxylic acids is 1. The van der Waals surface area contributed by atoms with E-state index in [-0.39, 0.29) is 0 Å². The van der Waals surface area contributed by atoms with Crippen LogP contribution in [0.2, 0.25) is 0 Å². The molecule has 1 aromatic heterocycles. The lowest BCUT2D eigenvalue weighted by Gasteiger charge is -2.30. The van der Waals surface area contributed by atoms with Crippen LogP contribution < -0.4 is 4.90 Å². The largest absolute Gasteiger partial charge is 0.348 e. The highest BCUT2D eigenvalue weighted by Gasteiger charge is 2.22. The van der Waals surface area contributed by atoms with Crippen LogP contribution in [0.4, 0.5) is 5.13 Å². The van der Waals surface area contributed by atoms with Crippen LogP contribution in [0, 0.1) is 5.92 Å². The highest BCUT2D eigenvalue weighted by atomic mass is 32.1. The van der Waals surface area contributed by atoms with Gasteiger partial charge in [-0.3, -0.25) is 4.79 Å². The van der Waals surface area contributed by atoms with E-state index < -0.39 is 0 Å². The molecule has 0 spiro atoms. The van der Waals surface area contributed by atoms with E-state index in [9.17, 15) is 4.79 Å². The maximum absolute atomic E-state index is 11.2. The first-order valence-corrected chi connectivity index (χ1v) is 7.68. The average molecular weight is 266 g/mol. The van der Waals surface area contributed by atoms with Crippen LogP contribution in [-0.4, -0.2) is 24.4 Å². The van der Waals surface area contributed by atoms with Crippen molar-refractivity contribution in [3.05, 3.63) is 10.6 Å². The summed E-state index contributed by atoms with van der Waals surface area (Å²) in [7, 11) is 0. The lowest BCUT2D eigenvalue weighted by Crippen LogP contribution is -2.34. The van der Waals surface area contributed by atoms with Crippen LogP contribution >= 0.6 is 11.3 Å². The second-order valence-corrected chi connectivity index (χ2v) is 6.38. The van der Waals surface area contributed by atoms with Gasteiger partial charge in [-0.1, -0.05) is 32.1 Å². The van der Waals surface area contributed by atoms with Gasteiger partial charge in [0.15, 0.2) is 11.4 Å². The SMILES string of the molecule is CCC(C)c1nc(N2CCCC(C)C2)sc1C=O. The second-order valence-electron chi connectivity index (χ2n) is 5.37. The molecule has 1 aliphatic rings. The Hall–Kier alpha value is -0.900. The summed E-state index contributed by atoms with van der Waals surface area (Å²) in [5.41, 5.74) is 0.991. The third-order valence-electron chi connectivity index (χ3n) is 3.78. The minimum atomic E-state index is 0.373. The molecule has 3 nitrogen and oxygen atoms in total. The van der Waals surface area contributed by atoms with Crippen molar-refractivity contribution in [3.8, 4) is 0 Å². The minimum Gasteiger partial charge on any atom is -0.348 e. The number of anilines is 1. The molecule has 2 rings (SSSR count). The summed E-state index contributed by atoms with van der Waals surface area (Å²) in [5.74, 6) is 1.10. The van der Waals surface area contributed by atoms with E-state index in [4.69, 9.17) is 4.98 Å². The molecule has 1 fully saturated rings. The van der Waals surface area contributed by atoms with Crippen molar-refractivity contribution in [2.24, 2.45) is 5.92 Å². The smallest absolute Gasteiger partial charge is 0.186 e. The van der Waals surface area contributed by atoms with Gasteiger partial charge < -0.3 is 4.90 Å². The van der Waals surface area contributed by atoms with Crippen molar-refractivity contribution >= 4 is 22.8 Å². The van der Waals surface area contributed by atoms with Gasteiger partial charge >= 0.3 is 0 Å². The van der Waals surface area contributed by atoms with Crippen molar-refractivity contribution in [1.29, 1.82) is 0 Å². The Kier molecular flexibility index (Phi) is 4.38. The fourth-order valence-electron chi connectivity index (χ4n) is 2.46. The molecule has 0 saturated carbocycles. The maximum atomic E-state index is 11.2. The number of hydrogen-bond donors (Lipinski definition) is 0. The third kappa shape index (κ3) is 2.74. The molecule has 1 saturated heterocycles. The predicted octanol–water partition coefficient (Wildman–Crippen LogP) is 3.71. The molecule has 18 heavy (non-hydrogen) atoms. The first-order valence-electron chi connectivity index (χ1n) is 6.86. The van der Waals surface area contributed by atoms with Crippen molar-refractivity contribution < 1.29 is 4.79 Å². The molecule has 0 aromatic carbocycles. The Labute approximate surface area is 113 Å². The van der Waals surface area contributed by atoms with Crippen molar-refractivity contribution in [3.63, 3.8) is 0 Å². The summed E-state index contributed by atoms with van der Waals surface area (Å²) in [6.07, 6.45) is 4.53. The molecule has 0 N–H and O–H groups in total. The van der Waals surface area contributed by atoms with E-state index >= 15 is 0 Å². The average Bonchev–Trinajstić information content (AvgIpc) is 2.82. The molecule has 0 radical (unpaired) electrons. The third-order valence-corrected chi connectivity index (χ3v) is 4.84. The Balaban J connectivity index is 2.23. The van der Waals surface area contributed by atoms with Gasteiger partial charge in [-0.25, -0.2) is 4.98 Å². The molecule has 2 heterocycles. The monoisotopic (exact) mass is 266 g/mol. The Morgan fingerprint density at radius 3 is 3.00 bits per heavy atom. The second kappa shape index (κ2) is 5.83. The van der Waals surface area contributed by atoms with Gasteiger partial charge in [0.2, 0.25) is 0 Å². The highest BCUT2D eigenvalue weighted by Crippen LogP contribution is 2.33. The molecule has 2 unspecified atom stereocenters. The lowest BCUT2D eigenvalue weighted by atomic mass is 10.0.